The van der Waals surface area contributed by atoms with Gasteiger partial charge in [0.2, 0.25) is 0 Å². The van der Waals surface area contributed by atoms with Crippen molar-refractivity contribution in [3.63, 3.8) is 0 Å². The van der Waals surface area contributed by atoms with Gasteiger partial charge in [-0.1, -0.05) is 11.8 Å². The summed E-state index contributed by atoms with van der Waals surface area (Å²) in [5.74, 6) is 0.139. The summed E-state index contributed by atoms with van der Waals surface area (Å²) in [6.07, 6.45) is -3.46. The molecule has 0 radical (unpaired) electrons. The van der Waals surface area contributed by atoms with Gasteiger partial charge in [0, 0.05) is 25.8 Å². The Morgan fingerprint density at radius 1 is 1.11 bits per heavy atom. The Hall–Kier alpha value is -2.14. The lowest BCUT2D eigenvalue weighted by Crippen LogP contribution is -2.40. The number of rotatable bonds is 3. The van der Waals surface area contributed by atoms with Crippen molar-refractivity contribution >= 4 is 54.6 Å². The molecule has 6 heterocycles. The van der Waals surface area contributed by atoms with Crippen LogP contribution in [0.1, 0.15) is 18.9 Å². The van der Waals surface area contributed by atoms with Gasteiger partial charge in [-0.05, 0) is 0 Å². The molecule has 3 aliphatic heterocycles. The highest BCUT2D eigenvalue weighted by Gasteiger charge is 2.49. The van der Waals surface area contributed by atoms with Crippen molar-refractivity contribution in [2.24, 2.45) is 0 Å². The number of nitrogen functional groups attached to an aromatic ring is 1. The SMILES string of the molecule is CO[C@@H]1[C@@H]2OP([O-])(=S)OC[C@@H]3C[C@@H](OP(=O)([S-])OC[C@H]2O[C@H]1n1ccc(=O)[nH]c1=O)[C@H](n1cnc2c(N)ncnc21)O3.[NH4+].[NH4+]. The number of ether oxygens (including phenoxy) is 3. The minimum Gasteiger partial charge on any atom is -0.780 e. The van der Waals surface area contributed by atoms with Crippen LogP contribution < -0.4 is 34.2 Å². The third-order valence-electron chi connectivity index (χ3n) is 6.82. The van der Waals surface area contributed by atoms with E-state index in [1.54, 1.807) is 0 Å². The second-order valence-electron chi connectivity index (χ2n) is 9.45. The number of nitrogens with two attached hydrogens (primary N) is 1. The zero-order chi connectivity index (χ0) is 29.8. The summed E-state index contributed by atoms with van der Waals surface area (Å²) in [7, 11) is 1.30. The van der Waals surface area contributed by atoms with Crippen LogP contribution in [0, 0.1) is 0 Å². The number of H-pyrrole nitrogens is 1. The van der Waals surface area contributed by atoms with Gasteiger partial charge < -0.3 is 67.5 Å². The van der Waals surface area contributed by atoms with Crippen molar-refractivity contribution in [1.29, 1.82) is 0 Å². The molecule has 44 heavy (non-hydrogen) atoms. The summed E-state index contributed by atoms with van der Waals surface area (Å²) in [6, 6.07) is 1.10. The Morgan fingerprint density at radius 2 is 1.89 bits per heavy atom. The fourth-order valence-corrected chi connectivity index (χ4v) is 7.88. The zero-order valence-electron chi connectivity index (χ0n) is 23.5. The Balaban J connectivity index is 0.00000221. The average molecular weight is 700 g/mol. The van der Waals surface area contributed by atoms with Gasteiger partial charge in [-0.2, -0.15) is 0 Å². The number of hydrogen-bond acceptors (Lipinski definition) is 17. The molecule has 11 N–H and O–H groups in total. The second kappa shape index (κ2) is 13.3. The van der Waals surface area contributed by atoms with E-state index in [1.807, 2.05) is 0 Å². The number of quaternary nitrogens is 2. The van der Waals surface area contributed by atoms with Crippen molar-refractivity contribution in [2.45, 2.75) is 49.4 Å². The van der Waals surface area contributed by atoms with E-state index in [4.69, 9.17) is 62.1 Å². The molecule has 20 nitrogen and oxygen atoms in total. The van der Waals surface area contributed by atoms with Crippen molar-refractivity contribution in [3.8, 4) is 0 Å². The van der Waals surface area contributed by atoms with Gasteiger partial charge >= 0.3 is 5.69 Å². The number of nitrogens with zero attached hydrogens (tertiary/aromatic N) is 5. The summed E-state index contributed by atoms with van der Waals surface area (Å²) in [5, 5.41) is 0. The molecule has 0 spiro atoms. The lowest BCUT2D eigenvalue weighted by atomic mass is 10.1. The molecule has 3 aliphatic rings. The first-order valence-corrected chi connectivity index (χ1v) is 17.4. The number of nitrogens with one attached hydrogen (secondary N) is 1. The van der Waals surface area contributed by atoms with Crippen molar-refractivity contribution in [1.82, 2.24) is 41.4 Å². The molecule has 3 fully saturated rings. The van der Waals surface area contributed by atoms with Crippen LogP contribution in [-0.2, 0) is 60.9 Å². The van der Waals surface area contributed by atoms with Crippen LogP contribution in [0.5, 0.6) is 0 Å². The molecule has 3 aromatic rings. The molecule has 3 aromatic heterocycles. The van der Waals surface area contributed by atoms with Crippen LogP contribution in [0.15, 0.2) is 34.5 Å². The maximum absolute atomic E-state index is 13.4. The van der Waals surface area contributed by atoms with E-state index in [-0.39, 0.29) is 31.1 Å². The predicted octanol–water partition coefficient (Wildman–Crippen LogP) is -0.0320. The first kappa shape index (κ1) is 34.7. The van der Waals surface area contributed by atoms with Gasteiger partial charge in [-0.15, -0.1) is 0 Å². The van der Waals surface area contributed by atoms with E-state index in [1.165, 1.54) is 30.5 Å². The van der Waals surface area contributed by atoms with Gasteiger partial charge in [0.05, 0.1) is 25.6 Å². The first-order chi connectivity index (χ1) is 19.9. The highest BCUT2D eigenvalue weighted by atomic mass is 32.7. The van der Waals surface area contributed by atoms with E-state index in [0.29, 0.717) is 11.2 Å². The van der Waals surface area contributed by atoms with Gasteiger partial charge in [0.1, 0.15) is 43.0 Å². The second-order valence-corrected chi connectivity index (χ2v) is 14.9. The topological polar surface area (TPSA) is 302 Å². The third-order valence-corrected chi connectivity index (χ3v) is 9.93. The van der Waals surface area contributed by atoms with E-state index in [9.17, 15) is 19.0 Å². The number of imidazole rings is 1. The molecular formula is C20H31N9O11P2S2. The highest BCUT2D eigenvalue weighted by molar-refractivity contribution is 8.32. The number of hydrogen-bond donors (Lipinski definition) is 4. The lowest BCUT2D eigenvalue weighted by molar-refractivity contribution is -0.217. The van der Waals surface area contributed by atoms with Crippen LogP contribution in [0.25, 0.3) is 11.2 Å². The lowest BCUT2D eigenvalue weighted by Gasteiger charge is -2.35. The first-order valence-electron chi connectivity index (χ1n) is 12.3. The summed E-state index contributed by atoms with van der Waals surface area (Å²) in [5.41, 5.74) is 5.09. The maximum Gasteiger partial charge on any atom is 0.330 e. The Kier molecular flexibility index (Phi) is 10.5. The van der Waals surface area contributed by atoms with Crippen LogP contribution in [0.4, 0.5) is 5.82 Å². The van der Waals surface area contributed by atoms with Gasteiger partial charge in [0.15, 0.2) is 30.7 Å². The quantitative estimate of drug-likeness (QED) is 0.206. The normalized spacial score (nSPS) is 35.8. The molecule has 0 saturated carbocycles. The standard InChI is InChI=1S/C20H25N7O11P2S2.2H3N/c1-32-15-14-11(36-19(15)26-3-2-12(28)25-20(26)29)6-34-39(30,41)37-10-4-9(5-33-40(31,42)38-14)35-18(10)27-8-24-13-16(21)22-7-23-17(13)27;;/h2-3,7-11,14-15,18-19H,4-6H2,1H3,(H,30,41)(H,31,42)(H2,21,22,23)(H,25,28,29);2*1H3/t9-,10+,11+,14+,15+,18+,19+,39?,40?;;/m0../s1. The van der Waals surface area contributed by atoms with Crippen molar-refractivity contribution in [3.05, 3.63) is 45.8 Å². The smallest absolute Gasteiger partial charge is 0.330 e. The van der Waals surface area contributed by atoms with Crippen LogP contribution in [0.3, 0.4) is 0 Å². The van der Waals surface area contributed by atoms with Crippen molar-refractivity contribution in [2.75, 3.05) is 26.1 Å². The Labute approximate surface area is 258 Å². The summed E-state index contributed by atoms with van der Waals surface area (Å²) in [6.45, 7) is -9.30. The number of methoxy groups -OCH3 is 1. The fourth-order valence-electron chi connectivity index (χ4n) is 5.01. The van der Waals surface area contributed by atoms with E-state index >= 15 is 0 Å². The minimum atomic E-state index is -4.25. The molecule has 2 bridgehead atoms. The molecule has 3 saturated heterocycles. The summed E-state index contributed by atoms with van der Waals surface area (Å²) >= 11 is 10.4. The largest absolute Gasteiger partial charge is 0.780 e. The number of aromatic amines is 1. The predicted molar refractivity (Wildman–Crippen MR) is 157 cm³/mol. The molecule has 24 heteroatoms. The summed E-state index contributed by atoms with van der Waals surface area (Å²) in [4.78, 5) is 51.9. The van der Waals surface area contributed by atoms with E-state index in [2.05, 4.69) is 19.9 Å². The number of anilines is 1. The highest BCUT2D eigenvalue weighted by Crippen LogP contribution is 2.53. The third kappa shape index (κ3) is 6.83. The molecule has 9 atom stereocenters. The molecule has 244 valence electrons. The average Bonchev–Trinajstić information content (AvgIpc) is 3.61. The minimum absolute atomic E-state index is 0. The Morgan fingerprint density at radius 3 is 2.61 bits per heavy atom. The van der Waals surface area contributed by atoms with Crippen LogP contribution >= 0.6 is 13.5 Å². The molecule has 0 amide bonds. The Bertz CT molecular complexity index is 1710. The van der Waals surface area contributed by atoms with Gasteiger partial charge in [-0.3, -0.25) is 23.5 Å². The van der Waals surface area contributed by atoms with E-state index in [0.717, 1.165) is 10.6 Å². The number of aromatic nitrogens is 6. The molecule has 2 unspecified atom stereocenters. The molecule has 6 rings (SSSR count). The number of fused-ring (bicyclic) bond motifs is 4. The molecule has 0 aliphatic carbocycles. The zero-order valence-corrected chi connectivity index (χ0v) is 26.9. The fraction of sp³-hybridized carbons (Fsp3) is 0.550. The van der Waals surface area contributed by atoms with Crippen molar-refractivity contribution < 1.29 is 41.8 Å². The maximum atomic E-state index is 13.4. The van der Waals surface area contributed by atoms with Gasteiger partial charge in [-0.25, -0.2) is 19.7 Å². The van der Waals surface area contributed by atoms with Crippen LogP contribution in [-0.4, -0.2) is 79.9 Å². The molecule has 0 aromatic carbocycles. The monoisotopic (exact) mass is 699 g/mol. The van der Waals surface area contributed by atoms with E-state index < -0.39 is 74.3 Å². The van der Waals surface area contributed by atoms with Crippen LogP contribution in [0.2, 0.25) is 0 Å². The summed E-state index contributed by atoms with van der Waals surface area (Å²) < 4.78 is 56.0. The molecular weight excluding hydrogens is 668 g/mol. The van der Waals surface area contributed by atoms with Gasteiger partial charge in [0.25, 0.3) is 5.56 Å².